The van der Waals surface area contributed by atoms with Crippen LogP contribution in [0.5, 0.6) is 0 Å². The maximum absolute atomic E-state index is 11.5. The fourth-order valence-electron chi connectivity index (χ4n) is 2.01. The molecular formula is C11H23NO2. The number of nitrogens with zero attached hydrogens (tertiary/aromatic N) is 1. The van der Waals surface area contributed by atoms with Crippen LogP contribution in [0.25, 0.3) is 0 Å². The van der Waals surface area contributed by atoms with Gasteiger partial charge in [0, 0.05) is 13.1 Å². The quantitative estimate of drug-likeness (QED) is 0.700. The first-order chi connectivity index (χ1) is 6.41. The van der Waals surface area contributed by atoms with E-state index in [-0.39, 0.29) is 12.1 Å². The van der Waals surface area contributed by atoms with Crippen molar-refractivity contribution in [3.63, 3.8) is 0 Å². The SMILES string of the molecule is CCOC(=O)N(C)C(C(C)C)C(C)C. The number of carbonyl (C=O) groups is 1. The predicted molar refractivity (Wildman–Crippen MR) is 58.2 cm³/mol. The lowest BCUT2D eigenvalue weighted by Gasteiger charge is -2.33. The Morgan fingerprint density at radius 3 is 1.93 bits per heavy atom. The Morgan fingerprint density at radius 1 is 1.21 bits per heavy atom. The van der Waals surface area contributed by atoms with Crippen LogP contribution in [0.2, 0.25) is 0 Å². The first-order valence-corrected chi connectivity index (χ1v) is 5.31. The van der Waals surface area contributed by atoms with E-state index in [2.05, 4.69) is 27.7 Å². The van der Waals surface area contributed by atoms with Crippen LogP contribution in [0.15, 0.2) is 0 Å². The molecule has 14 heavy (non-hydrogen) atoms. The predicted octanol–water partition coefficient (Wildman–Crippen LogP) is 2.76. The largest absolute Gasteiger partial charge is 0.450 e. The van der Waals surface area contributed by atoms with Crippen LogP contribution in [-0.2, 0) is 4.74 Å². The summed E-state index contributed by atoms with van der Waals surface area (Å²) in [6, 6.07) is 0.244. The minimum absolute atomic E-state index is 0.222. The van der Waals surface area contributed by atoms with Crippen LogP contribution in [0.4, 0.5) is 4.79 Å². The standard InChI is InChI=1S/C11H23NO2/c1-7-14-11(13)12(6)10(8(2)3)9(4)5/h8-10H,7H2,1-6H3. The summed E-state index contributed by atoms with van der Waals surface area (Å²) in [5, 5.41) is 0. The topological polar surface area (TPSA) is 29.5 Å². The van der Waals surface area contributed by atoms with Crippen molar-refractivity contribution in [2.45, 2.75) is 40.7 Å². The Morgan fingerprint density at radius 2 is 1.64 bits per heavy atom. The van der Waals surface area contributed by atoms with E-state index < -0.39 is 0 Å². The lowest BCUT2D eigenvalue weighted by molar-refractivity contribution is 0.0790. The van der Waals surface area contributed by atoms with Crippen LogP contribution < -0.4 is 0 Å². The van der Waals surface area contributed by atoms with Gasteiger partial charge in [-0.1, -0.05) is 27.7 Å². The van der Waals surface area contributed by atoms with Gasteiger partial charge in [0.2, 0.25) is 0 Å². The summed E-state index contributed by atoms with van der Waals surface area (Å²) >= 11 is 0. The van der Waals surface area contributed by atoms with Crippen molar-refractivity contribution in [3.05, 3.63) is 0 Å². The zero-order valence-electron chi connectivity index (χ0n) is 10.2. The maximum Gasteiger partial charge on any atom is 0.409 e. The molecule has 0 aromatic carbocycles. The highest BCUT2D eigenvalue weighted by Gasteiger charge is 2.26. The van der Waals surface area contributed by atoms with Crippen LogP contribution in [0, 0.1) is 11.8 Å². The Labute approximate surface area is 87.4 Å². The number of hydrogen-bond donors (Lipinski definition) is 0. The van der Waals surface area contributed by atoms with Crippen LogP contribution in [0.3, 0.4) is 0 Å². The third kappa shape index (κ3) is 3.56. The van der Waals surface area contributed by atoms with E-state index in [0.29, 0.717) is 18.4 Å². The zero-order valence-corrected chi connectivity index (χ0v) is 10.2. The van der Waals surface area contributed by atoms with E-state index in [0.717, 1.165) is 0 Å². The van der Waals surface area contributed by atoms with Crippen molar-refractivity contribution in [3.8, 4) is 0 Å². The molecule has 3 nitrogen and oxygen atoms in total. The molecule has 0 saturated heterocycles. The second-order valence-corrected chi connectivity index (χ2v) is 4.29. The molecular weight excluding hydrogens is 178 g/mol. The Balaban J connectivity index is 4.43. The van der Waals surface area contributed by atoms with E-state index in [1.807, 2.05) is 14.0 Å². The number of rotatable bonds is 4. The van der Waals surface area contributed by atoms with Gasteiger partial charge in [-0.3, -0.25) is 0 Å². The van der Waals surface area contributed by atoms with Crippen molar-refractivity contribution in [2.24, 2.45) is 11.8 Å². The molecule has 0 N–H and O–H groups in total. The Bertz CT molecular complexity index is 170. The first kappa shape index (κ1) is 13.3. The van der Waals surface area contributed by atoms with Gasteiger partial charge in [-0.2, -0.15) is 0 Å². The van der Waals surface area contributed by atoms with Crippen molar-refractivity contribution in [2.75, 3.05) is 13.7 Å². The maximum atomic E-state index is 11.5. The molecule has 0 heterocycles. The highest BCUT2D eigenvalue weighted by atomic mass is 16.6. The first-order valence-electron chi connectivity index (χ1n) is 5.31. The highest BCUT2D eigenvalue weighted by molar-refractivity contribution is 5.67. The molecule has 3 heteroatoms. The van der Waals surface area contributed by atoms with Gasteiger partial charge < -0.3 is 9.64 Å². The number of amides is 1. The minimum Gasteiger partial charge on any atom is -0.450 e. The molecule has 0 aromatic rings. The Hall–Kier alpha value is -0.730. The van der Waals surface area contributed by atoms with E-state index in [1.54, 1.807) is 4.90 Å². The number of hydrogen-bond acceptors (Lipinski definition) is 2. The molecule has 0 spiro atoms. The molecule has 84 valence electrons. The molecule has 0 aromatic heterocycles. The molecule has 0 aliphatic rings. The summed E-state index contributed by atoms with van der Waals surface area (Å²) in [7, 11) is 1.81. The summed E-state index contributed by atoms with van der Waals surface area (Å²) in [5.41, 5.74) is 0. The van der Waals surface area contributed by atoms with Gasteiger partial charge in [-0.15, -0.1) is 0 Å². The second-order valence-electron chi connectivity index (χ2n) is 4.29. The van der Waals surface area contributed by atoms with E-state index >= 15 is 0 Å². The smallest absolute Gasteiger partial charge is 0.409 e. The summed E-state index contributed by atoms with van der Waals surface area (Å²) in [4.78, 5) is 13.2. The lowest BCUT2D eigenvalue weighted by atomic mass is 9.92. The number of ether oxygens (including phenoxy) is 1. The van der Waals surface area contributed by atoms with Gasteiger partial charge in [0.25, 0.3) is 0 Å². The molecule has 0 bridgehead atoms. The molecule has 0 radical (unpaired) electrons. The average Bonchev–Trinajstić information content (AvgIpc) is 2.03. The van der Waals surface area contributed by atoms with E-state index in [4.69, 9.17) is 4.74 Å². The summed E-state index contributed by atoms with van der Waals surface area (Å²) < 4.78 is 4.97. The molecule has 0 atom stereocenters. The summed E-state index contributed by atoms with van der Waals surface area (Å²) in [6.07, 6.45) is -0.222. The molecule has 0 saturated carbocycles. The second kappa shape index (κ2) is 5.89. The van der Waals surface area contributed by atoms with Gasteiger partial charge in [-0.05, 0) is 18.8 Å². The average molecular weight is 201 g/mol. The van der Waals surface area contributed by atoms with Crippen LogP contribution in [-0.4, -0.2) is 30.7 Å². The van der Waals surface area contributed by atoms with Gasteiger partial charge in [0.05, 0.1) is 6.61 Å². The fraction of sp³-hybridized carbons (Fsp3) is 0.909. The van der Waals surface area contributed by atoms with E-state index in [9.17, 15) is 4.79 Å². The Kier molecular flexibility index (Phi) is 5.58. The minimum atomic E-state index is -0.222. The third-order valence-corrected chi connectivity index (χ3v) is 2.37. The highest BCUT2D eigenvalue weighted by Crippen LogP contribution is 2.18. The summed E-state index contributed by atoms with van der Waals surface area (Å²) in [6.45, 7) is 10.8. The van der Waals surface area contributed by atoms with Crippen LogP contribution >= 0.6 is 0 Å². The molecule has 0 aliphatic heterocycles. The lowest BCUT2D eigenvalue weighted by Crippen LogP contribution is -2.43. The van der Waals surface area contributed by atoms with Crippen molar-refractivity contribution in [1.82, 2.24) is 4.90 Å². The molecule has 0 unspecified atom stereocenters. The normalized spacial score (nSPS) is 11.2. The van der Waals surface area contributed by atoms with Crippen molar-refractivity contribution >= 4 is 6.09 Å². The molecule has 0 aliphatic carbocycles. The third-order valence-electron chi connectivity index (χ3n) is 2.37. The molecule has 0 fully saturated rings. The van der Waals surface area contributed by atoms with Crippen molar-refractivity contribution in [1.29, 1.82) is 0 Å². The van der Waals surface area contributed by atoms with Crippen molar-refractivity contribution < 1.29 is 9.53 Å². The summed E-state index contributed by atoms with van der Waals surface area (Å²) in [5.74, 6) is 0.897. The number of carbonyl (C=O) groups excluding carboxylic acids is 1. The van der Waals surface area contributed by atoms with Gasteiger partial charge in [-0.25, -0.2) is 4.79 Å². The van der Waals surface area contributed by atoms with E-state index in [1.165, 1.54) is 0 Å². The monoisotopic (exact) mass is 201 g/mol. The fourth-order valence-corrected chi connectivity index (χ4v) is 2.01. The van der Waals surface area contributed by atoms with Gasteiger partial charge in [0.15, 0.2) is 0 Å². The zero-order chi connectivity index (χ0) is 11.3. The van der Waals surface area contributed by atoms with Crippen LogP contribution in [0.1, 0.15) is 34.6 Å². The van der Waals surface area contributed by atoms with Gasteiger partial charge in [0.1, 0.15) is 0 Å². The molecule has 1 amide bonds. The van der Waals surface area contributed by atoms with Gasteiger partial charge >= 0.3 is 6.09 Å². The molecule has 0 rings (SSSR count).